The first-order chi connectivity index (χ1) is 8.64. The highest BCUT2D eigenvalue weighted by Gasteiger charge is 2.32. The van der Waals surface area contributed by atoms with Gasteiger partial charge in [-0.2, -0.15) is 0 Å². The molecule has 0 aliphatic carbocycles. The number of nitrogens with one attached hydrogen (secondary N) is 2. The van der Waals surface area contributed by atoms with Crippen LogP contribution in [0.1, 0.15) is 34.6 Å². The van der Waals surface area contributed by atoms with Gasteiger partial charge in [0.25, 0.3) is 0 Å². The second-order valence-electron chi connectivity index (χ2n) is 6.01. The normalized spacial score (nSPS) is 13.2. The first-order valence-electron chi connectivity index (χ1n) is 6.49. The molecule has 0 fully saturated rings. The van der Waals surface area contributed by atoms with Crippen molar-refractivity contribution in [2.24, 2.45) is 11.3 Å². The van der Waals surface area contributed by atoms with Gasteiger partial charge >= 0.3 is 12.0 Å². The van der Waals surface area contributed by atoms with Crippen LogP contribution < -0.4 is 10.6 Å². The molecule has 1 atom stereocenters. The highest BCUT2D eigenvalue weighted by atomic mass is 16.5. The lowest BCUT2D eigenvalue weighted by Crippen LogP contribution is -2.52. The number of hydrogen-bond donors (Lipinski definition) is 3. The van der Waals surface area contributed by atoms with Crippen LogP contribution in [0.15, 0.2) is 0 Å². The van der Waals surface area contributed by atoms with Crippen molar-refractivity contribution in [2.75, 3.05) is 19.8 Å². The fourth-order valence-corrected chi connectivity index (χ4v) is 1.39. The molecule has 19 heavy (non-hydrogen) atoms. The Morgan fingerprint density at radius 2 is 1.84 bits per heavy atom. The van der Waals surface area contributed by atoms with E-state index in [0.717, 1.165) is 0 Å². The molecule has 0 aliphatic heterocycles. The molecule has 0 radical (unpaired) electrons. The zero-order valence-electron chi connectivity index (χ0n) is 12.4. The van der Waals surface area contributed by atoms with E-state index in [1.54, 1.807) is 20.8 Å². The van der Waals surface area contributed by atoms with Crippen molar-refractivity contribution in [1.82, 2.24) is 10.6 Å². The van der Waals surface area contributed by atoms with Crippen LogP contribution in [-0.4, -0.2) is 42.9 Å². The van der Waals surface area contributed by atoms with E-state index in [-0.39, 0.29) is 0 Å². The molecule has 0 saturated carbocycles. The molecule has 112 valence electrons. The van der Waals surface area contributed by atoms with Crippen LogP contribution in [0.25, 0.3) is 0 Å². The molecule has 0 aliphatic rings. The number of carbonyl (C=O) groups excluding carboxylic acids is 1. The van der Waals surface area contributed by atoms with Gasteiger partial charge in [-0.1, -0.05) is 34.6 Å². The molecule has 0 aromatic heterocycles. The number of carboxylic acids is 1. The fraction of sp³-hybridized carbons (Fsp3) is 0.846. The molecule has 1 unspecified atom stereocenters. The smallest absolute Gasteiger partial charge is 0.326 e. The first-order valence-corrected chi connectivity index (χ1v) is 6.49. The number of ether oxygens (including phenoxy) is 1. The number of carboxylic acid groups (broad SMARTS) is 1. The fourth-order valence-electron chi connectivity index (χ4n) is 1.39. The lowest BCUT2D eigenvalue weighted by atomic mass is 9.87. The summed E-state index contributed by atoms with van der Waals surface area (Å²) in [6, 6.07) is -1.42. The highest BCUT2D eigenvalue weighted by molar-refractivity contribution is 5.83. The van der Waals surface area contributed by atoms with E-state index in [4.69, 9.17) is 9.84 Å². The zero-order chi connectivity index (χ0) is 15.1. The SMILES string of the molecule is CC(C)COCCNC(=O)NC(C(=O)O)C(C)(C)C. The molecular formula is C13H26N2O4. The molecule has 0 heterocycles. The topological polar surface area (TPSA) is 87.7 Å². The number of hydrogen-bond acceptors (Lipinski definition) is 3. The minimum Gasteiger partial charge on any atom is -0.480 e. The van der Waals surface area contributed by atoms with E-state index in [2.05, 4.69) is 10.6 Å². The van der Waals surface area contributed by atoms with Crippen molar-refractivity contribution in [1.29, 1.82) is 0 Å². The summed E-state index contributed by atoms with van der Waals surface area (Å²) >= 11 is 0. The van der Waals surface area contributed by atoms with Gasteiger partial charge in [0, 0.05) is 13.2 Å². The Bertz CT molecular complexity index is 298. The van der Waals surface area contributed by atoms with Gasteiger partial charge in [0.15, 0.2) is 0 Å². The summed E-state index contributed by atoms with van der Waals surface area (Å²) in [5.74, 6) is -0.593. The molecule has 0 aromatic rings. The Balaban J connectivity index is 3.99. The van der Waals surface area contributed by atoms with E-state index >= 15 is 0 Å². The van der Waals surface area contributed by atoms with Crippen LogP contribution in [0.3, 0.4) is 0 Å². The van der Waals surface area contributed by atoms with Crippen LogP contribution in [0, 0.1) is 11.3 Å². The second kappa shape index (κ2) is 7.99. The van der Waals surface area contributed by atoms with Crippen LogP contribution in [0.5, 0.6) is 0 Å². The minimum absolute atomic E-state index is 0.356. The Morgan fingerprint density at radius 3 is 2.26 bits per heavy atom. The van der Waals surface area contributed by atoms with E-state index in [1.165, 1.54) is 0 Å². The largest absolute Gasteiger partial charge is 0.480 e. The third kappa shape index (κ3) is 8.42. The Kier molecular flexibility index (Phi) is 7.44. The second-order valence-corrected chi connectivity index (χ2v) is 6.01. The minimum atomic E-state index is -1.04. The maximum absolute atomic E-state index is 11.6. The van der Waals surface area contributed by atoms with Gasteiger partial charge in [0.1, 0.15) is 6.04 Å². The van der Waals surface area contributed by atoms with Gasteiger partial charge in [0.05, 0.1) is 6.61 Å². The monoisotopic (exact) mass is 274 g/mol. The molecule has 0 bridgehead atoms. The predicted octanol–water partition coefficient (Wildman–Crippen LogP) is 1.46. The maximum atomic E-state index is 11.6. The van der Waals surface area contributed by atoms with Gasteiger partial charge in [0.2, 0.25) is 0 Å². The molecular weight excluding hydrogens is 248 g/mol. The van der Waals surface area contributed by atoms with E-state index in [1.807, 2.05) is 13.8 Å². The standard InChI is InChI=1S/C13H26N2O4/c1-9(2)8-19-7-6-14-12(18)15-10(11(16)17)13(3,4)5/h9-10H,6-8H2,1-5H3,(H,16,17)(H2,14,15,18). The number of urea groups is 1. The quantitative estimate of drug-likeness (QED) is 0.613. The molecule has 0 spiro atoms. The predicted molar refractivity (Wildman–Crippen MR) is 73.1 cm³/mol. The van der Waals surface area contributed by atoms with Gasteiger partial charge in [-0.3, -0.25) is 0 Å². The molecule has 0 rings (SSSR count). The molecule has 6 nitrogen and oxygen atoms in total. The third-order valence-corrected chi connectivity index (χ3v) is 2.37. The average molecular weight is 274 g/mol. The van der Waals surface area contributed by atoms with Gasteiger partial charge < -0.3 is 20.5 Å². The van der Waals surface area contributed by atoms with Crippen molar-refractivity contribution in [2.45, 2.75) is 40.7 Å². The van der Waals surface area contributed by atoms with Crippen LogP contribution in [0.2, 0.25) is 0 Å². The summed E-state index contributed by atoms with van der Waals surface area (Å²) in [4.78, 5) is 22.6. The summed E-state index contributed by atoms with van der Waals surface area (Å²) < 4.78 is 5.31. The highest BCUT2D eigenvalue weighted by Crippen LogP contribution is 2.19. The lowest BCUT2D eigenvalue weighted by Gasteiger charge is -2.27. The van der Waals surface area contributed by atoms with E-state index in [0.29, 0.717) is 25.7 Å². The summed E-state index contributed by atoms with van der Waals surface area (Å²) in [5, 5.41) is 14.1. The summed E-state index contributed by atoms with van der Waals surface area (Å²) in [6.07, 6.45) is 0. The van der Waals surface area contributed by atoms with Crippen molar-refractivity contribution < 1.29 is 19.4 Å². The Labute approximate surface area is 114 Å². The van der Waals surface area contributed by atoms with Crippen molar-refractivity contribution in [3.05, 3.63) is 0 Å². The summed E-state index contributed by atoms with van der Waals surface area (Å²) in [6.45, 7) is 10.8. The number of aliphatic carboxylic acids is 1. The first kappa shape index (κ1) is 17.7. The van der Waals surface area contributed by atoms with Crippen LogP contribution >= 0.6 is 0 Å². The number of carbonyl (C=O) groups is 2. The van der Waals surface area contributed by atoms with Crippen molar-refractivity contribution in [3.63, 3.8) is 0 Å². The maximum Gasteiger partial charge on any atom is 0.326 e. The summed E-state index contributed by atoms with van der Waals surface area (Å²) in [5.41, 5.74) is -0.544. The van der Waals surface area contributed by atoms with Crippen LogP contribution in [0.4, 0.5) is 4.79 Å². The van der Waals surface area contributed by atoms with Gasteiger partial charge in [-0.15, -0.1) is 0 Å². The third-order valence-electron chi connectivity index (χ3n) is 2.37. The Morgan fingerprint density at radius 1 is 1.26 bits per heavy atom. The van der Waals surface area contributed by atoms with Crippen LogP contribution in [-0.2, 0) is 9.53 Å². The average Bonchev–Trinajstić information content (AvgIpc) is 2.23. The summed E-state index contributed by atoms with van der Waals surface area (Å²) in [7, 11) is 0. The molecule has 0 saturated heterocycles. The van der Waals surface area contributed by atoms with E-state index < -0.39 is 23.5 Å². The molecule has 0 aromatic carbocycles. The van der Waals surface area contributed by atoms with Crippen molar-refractivity contribution >= 4 is 12.0 Å². The number of rotatable bonds is 7. The van der Waals surface area contributed by atoms with Crippen molar-refractivity contribution in [3.8, 4) is 0 Å². The zero-order valence-corrected chi connectivity index (χ0v) is 12.4. The van der Waals surface area contributed by atoms with E-state index in [9.17, 15) is 9.59 Å². The molecule has 6 heteroatoms. The Hall–Kier alpha value is -1.30. The molecule has 3 N–H and O–H groups in total. The number of amides is 2. The van der Waals surface area contributed by atoms with Gasteiger partial charge in [-0.05, 0) is 11.3 Å². The molecule has 2 amide bonds. The van der Waals surface area contributed by atoms with Gasteiger partial charge in [-0.25, -0.2) is 9.59 Å². The lowest BCUT2D eigenvalue weighted by molar-refractivity contribution is -0.141.